The van der Waals surface area contributed by atoms with Gasteiger partial charge in [0, 0.05) is 11.1 Å². The molecule has 0 unspecified atom stereocenters. The number of hydrogen-bond donors (Lipinski definition) is 1. The lowest BCUT2D eigenvalue weighted by Gasteiger charge is -1.94. The molecule has 1 aliphatic rings. The molecule has 1 rings (SSSR count). The minimum absolute atomic E-state index is 0.250. The van der Waals surface area contributed by atoms with Crippen molar-refractivity contribution in [3.8, 4) is 0 Å². The smallest absolute Gasteiger partial charge is 0.258 e. The molecule has 13 heavy (non-hydrogen) atoms. The second-order valence-corrected chi connectivity index (χ2v) is 3.25. The molecule has 1 aliphatic heterocycles. The third kappa shape index (κ3) is 1.86. The predicted molar refractivity (Wildman–Crippen MR) is 49.9 cm³/mol. The van der Waals surface area contributed by atoms with Crippen molar-refractivity contribution >= 4 is 11.8 Å². The Labute approximate surface area is 77.5 Å². The molecule has 0 radical (unpaired) electrons. The first-order valence-corrected chi connectivity index (χ1v) is 4.30. The van der Waals surface area contributed by atoms with Crippen LogP contribution in [0.3, 0.4) is 0 Å². The van der Waals surface area contributed by atoms with Crippen LogP contribution in [-0.2, 0) is 9.59 Å². The Balaban J connectivity index is 3.14. The quantitative estimate of drug-likeness (QED) is 0.650. The molecule has 0 aromatic carbocycles. The molecule has 0 spiro atoms. The van der Waals surface area contributed by atoms with Crippen molar-refractivity contribution in [1.82, 2.24) is 5.32 Å². The fourth-order valence-electron chi connectivity index (χ4n) is 1.30. The molecule has 70 valence electrons. The Bertz CT molecular complexity index is 320. The van der Waals surface area contributed by atoms with E-state index >= 15 is 0 Å². The summed E-state index contributed by atoms with van der Waals surface area (Å²) >= 11 is 0. The third-order valence-corrected chi connectivity index (χ3v) is 1.86. The molecule has 0 atom stereocenters. The first-order valence-electron chi connectivity index (χ1n) is 4.30. The lowest BCUT2D eigenvalue weighted by atomic mass is 10.1. The molecule has 0 fully saturated rings. The Hall–Kier alpha value is -1.38. The molecule has 0 saturated heterocycles. The van der Waals surface area contributed by atoms with Gasteiger partial charge in [-0.25, -0.2) is 0 Å². The third-order valence-electron chi connectivity index (χ3n) is 1.86. The summed E-state index contributed by atoms with van der Waals surface area (Å²) < 4.78 is 0. The van der Waals surface area contributed by atoms with Gasteiger partial charge < -0.3 is 0 Å². The van der Waals surface area contributed by atoms with E-state index in [9.17, 15) is 9.59 Å². The first-order chi connectivity index (χ1) is 6.06. The molecule has 3 heteroatoms. The van der Waals surface area contributed by atoms with Crippen LogP contribution in [-0.4, -0.2) is 11.8 Å². The normalized spacial score (nSPS) is 16.2. The van der Waals surface area contributed by atoms with Gasteiger partial charge in [-0.05, 0) is 20.3 Å². The molecule has 0 saturated carbocycles. The molecule has 3 nitrogen and oxygen atoms in total. The molecule has 0 aliphatic carbocycles. The second kappa shape index (κ2) is 3.56. The SMILES string of the molecule is CCC1=C(C=C(C)C)C(=O)NC1=O. The van der Waals surface area contributed by atoms with Gasteiger partial charge in [0.2, 0.25) is 0 Å². The summed E-state index contributed by atoms with van der Waals surface area (Å²) in [6.45, 7) is 5.67. The summed E-state index contributed by atoms with van der Waals surface area (Å²) in [7, 11) is 0. The van der Waals surface area contributed by atoms with Crippen LogP contribution in [0, 0.1) is 0 Å². The minimum Gasteiger partial charge on any atom is -0.288 e. The summed E-state index contributed by atoms with van der Waals surface area (Å²) in [5.41, 5.74) is 2.13. The maximum absolute atomic E-state index is 11.3. The van der Waals surface area contributed by atoms with Crippen molar-refractivity contribution in [1.29, 1.82) is 0 Å². The highest BCUT2D eigenvalue weighted by atomic mass is 16.2. The van der Waals surface area contributed by atoms with Gasteiger partial charge in [-0.2, -0.15) is 0 Å². The van der Waals surface area contributed by atoms with Crippen molar-refractivity contribution in [2.24, 2.45) is 0 Å². The highest BCUT2D eigenvalue weighted by Crippen LogP contribution is 2.17. The second-order valence-electron chi connectivity index (χ2n) is 3.25. The number of imide groups is 1. The monoisotopic (exact) mass is 179 g/mol. The molecule has 0 bridgehead atoms. The summed E-state index contributed by atoms with van der Waals surface area (Å²) in [6.07, 6.45) is 2.34. The van der Waals surface area contributed by atoms with Gasteiger partial charge in [-0.3, -0.25) is 14.9 Å². The number of amides is 2. The lowest BCUT2D eigenvalue weighted by molar-refractivity contribution is -0.124. The standard InChI is InChI=1S/C10H13NO2/c1-4-7-8(5-6(2)3)10(13)11-9(7)12/h5H,4H2,1-3H3,(H,11,12,13). The fourth-order valence-corrected chi connectivity index (χ4v) is 1.30. The van der Waals surface area contributed by atoms with Crippen molar-refractivity contribution in [2.45, 2.75) is 27.2 Å². The highest BCUT2D eigenvalue weighted by Gasteiger charge is 2.26. The molecular weight excluding hydrogens is 166 g/mol. The van der Waals surface area contributed by atoms with E-state index in [2.05, 4.69) is 5.32 Å². The summed E-state index contributed by atoms with van der Waals surface area (Å²) in [6, 6.07) is 0. The lowest BCUT2D eigenvalue weighted by Crippen LogP contribution is -2.22. The van der Waals surface area contributed by atoms with Crippen LogP contribution >= 0.6 is 0 Å². The van der Waals surface area contributed by atoms with Gasteiger partial charge in [0.25, 0.3) is 11.8 Å². The molecule has 2 amide bonds. The zero-order valence-corrected chi connectivity index (χ0v) is 8.10. The Morgan fingerprint density at radius 3 is 2.38 bits per heavy atom. The molecule has 1 N–H and O–H groups in total. The number of allylic oxidation sites excluding steroid dienone is 1. The van der Waals surface area contributed by atoms with Crippen LogP contribution in [0.4, 0.5) is 0 Å². The summed E-state index contributed by atoms with van der Waals surface area (Å²) in [5.74, 6) is -0.525. The van der Waals surface area contributed by atoms with Crippen LogP contribution in [0.1, 0.15) is 27.2 Å². The zero-order chi connectivity index (χ0) is 10.0. The van der Waals surface area contributed by atoms with Crippen LogP contribution in [0.5, 0.6) is 0 Å². The first kappa shape index (κ1) is 9.71. The van der Waals surface area contributed by atoms with E-state index in [-0.39, 0.29) is 11.8 Å². The topological polar surface area (TPSA) is 46.2 Å². The van der Waals surface area contributed by atoms with Gasteiger partial charge >= 0.3 is 0 Å². The summed E-state index contributed by atoms with van der Waals surface area (Å²) in [5, 5.41) is 2.28. The van der Waals surface area contributed by atoms with Gasteiger partial charge in [-0.1, -0.05) is 18.6 Å². The van der Waals surface area contributed by atoms with E-state index in [4.69, 9.17) is 0 Å². The average molecular weight is 179 g/mol. The van der Waals surface area contributed by atoms with E-state index in [1.54, 1.807) is 6.08 Å². The van der Waals surface area contributed by atoms with E-state index < -0.39 is 0 Å². The molecular formula is C10H13NO2. The highest BCUT2D eigenvalue weighted by molar-refractivity contribution is 6.20. The fraction of sp³-hybridized carbons (Fsp3) is 0.400. The van der Waals surface area contributed by atoms with Crippen LogP contribution in [0.15, 0.2) is 22.8 Å². The maximum Gasteiger partial charge on any atom is 0.258 e. The van der Waals surface area contributed by atoms with Gasteiger partial charge in [-0.15, -0.1) is 0 Å². The largest absolute Gasteiger partial charge is 0.288 e. The maximum atomic E-state index is 11.3. The number of hydrogen-bond acceptors (Lipinski definition) is 2. The van der Waals surface area contributed by atoms with E-state index in [1.807, 2.05) is 20.8 Å². The molecule has 1 heterocycles. The Morgan fingerprint density at radius 1 is 1.31 bits per heavy atom. The molecule has 0 aromatic heterocycles. The number of rotatable bonds is 2. The van der Waals surface area contributed by atoms with Crippen LogP contribution in [0.25, 0.3) is 0 Å². The van der Waals surface area contributed by atoms with Gasteiger partial charge in [0.1, 0.15) is 0 Å². The molecule has 0 aromatic rings. The Morgan fingerprint density at radius 2 is 1.92 bits per heavy atom. The van der Waals surface area contributed by atoms with E-state index in [1.165, 1.54) is 0 Å². The summed E-state index contributed by atoms with van der Waals surface area (Å²) in [4.78, 5) is 22.4. The minimum atomic E-state index is -0.275. The van der Waals surface area contributed by atoms with Crippen LogP contribution < -0.4 is 5.32 Å². The number of nitrogens with one attached hydrogen (secondary N) is 1. The van der Waals surface area contributed by atoms with Crippen molar-refractivity contribution in [3.05, 3.63) is 22.8 Å². The Kier molecular flexibility index (Phi) is 2.66. The van der Waals surface area contributed by atoms with Crippen LogP contribution in [0.2, 0.25) is 0 Å². The van der Waals surface area contributed by atoms with E-state index in [0.29, 0.717) is 17.6 Å². The zero-order valence-electron chi connectivity index (χ0n) is 8.10. The average Bonchev–Trinajstić information content (AvgIpc) is 2.26. The number of carbonyl (C=O) groups excluding carboxylic acids is 2. The van der Waals surface area contributed by atoms with E-state index in [0.717, 1.165) is 5.57 Å². The number of carbonyl (C=O) groups is 2. The van der Waals surface area contributed by atoms with Crippen molar-refractivity contribution in [3.63, 3.8) is 0 Å². The van der Waals surface area contributed by atoms with Crippen molar-refractivity contribution in [2.75, 3.05) is 0 Å². The predicted octanol–water partition coefficient (Wildman–Crippen LogP) is 1.32. The van der Waals surface area contributed by atoms with Gasteiger partial charge in [0.15, 0.2) is 0 Å². The van der Waals surface area contributed by atoms with Crippen molar-refractivity contribution < 1.29 is 9.59 Å². The van der Waals surface area contributed by atoms with Gasteiger partial charge in [0.05, 0.1) is 0 Å².